The van der Waals surface area contributed by atoms with Crippen LogP contribution in [0.2, 0.25) is 5.02 Å². The molecule has 0 atom stereocenters. The van der Waals surface area contributed by atoms with Gasteiger partial charge in [0, 0.05) is 36.8 Å². The number of carbonyl (C=O) groups is 1. The maximum absolute atomic E-state index is 13.8. The number of rotatable bonds is 1. The molecule has 19 heavy (non-hydrogen) atoms. The summed E-state index contributed by atoms with van der Waals surface area (Å²) in [5, 5.41) is 0.452. The fraction of sp³-hybridized carbons (Fsp3) is 0.231. The van der Waals surface area contributed by atoms with Gasteiger partial charge in [-0.1, -0.05) is 11.6 Å². The monoisotopic (exact) mass is 279 g/mol. The van der Waals surface area contributed by atoms with Crippen LogP contribution in [-0.2, 0) is 11.3 Å². The van der Waals surface area contributed by atoms with E-state index in [4.69, 9.17) is 11.6 Å². The number of imidazole rings is 1. The predicted octanol–water partition coefficient (Wildman–Crippen LogP) is 2.71. The highest BCUT2D eigenvalue weighted by Gasteiger charge is 2.25. The van der Waals surface area contributed by atoms with Gasteiger partial charge in [-0.05, 0) is 18.2 Å². The topological polar surface area (TPSA) is 38.1 Å². The zero-order valence-electron chi connectivity index (χ0n) is 10.2. The quantitative estimate of drug-likeness (QED) is 0.805. The first-order chi connectivity index (χ1) is 9.06. The first kappa shape index (κ1) is 12.2. The van der Waals surface area contributed by atoms with Gasteiger partial charge in [-0.15, -0.1) is 0 Å². The van der Waals surface area contributed by atoms with Crippen molar-refractivity contribution in [2.45, 2.75) is 13.5 Å². The van der Waals surface area contributed by atoms with Gasteiger partial charge in [-0.25, -0.2) is 9.37 Å². The molecular weight excluding hydrogens is 269 g/mol. The Morgan fingerprint density at radius 1 is 1.42 bits per heavy atom. The molecule has 1 amide bonds. The van der Waals surface area contributed by atoms with E-state index in [9.17, 15) is 9.18 Å². The molecule has 0 bridgehead atoms. The Hall–Kier alpha value is -1.88. The van der Waals surface area contributed by atoms with E-state index in [2.05, 4.69) is 4.98 Å². The van der Waals surface area contributed by atoms with E-state index in [-0.39, 0.29) is 11.7 Å². The highest BCUT2D eigenvalue weighted by atomic mass is 35.5. The summed E-state index contributed by atoms with van der Waals surface area (Å²) in [6, 6.07) is 4.34. The molecule has 1 aliphatic rings. The molecule has 0 saturated carbocycles. The Bertz CT molecular complexity index is 668. The smallest absolute Gasteiger partial charge is 0.226 e. The van der Waals surface area contributed by atoms with E-state index in [1.807, 2.05) is 4.57 Å². The number of carbonyl (C=O) groups excluding carboxylic acids is 1. The van der Waals surface area contributed by atoms with Crippen LogP contribution < -0.4 is 4.90 Å². The number of anilines is 1. The van der Waals surface area contributed by atoms with Crippen molar-refractivity contribution < 1.29 is 9.18 Å². The van der Waals surface area contributed by atoms with Gasteiger partial charge < -0.3 is 4.57 Å². The third-order valence-corrected chi connectivity index (χ3v) is 3.38. The summed E-state index contributed by atoms with van der Waals surface area (Å²) in [5.74, 6) is 0.111. The third-order valence-electron chi connectivity index (χ3n) is 3.15. The maximum Gasteiger partial charge on any atom is 0.226 e. The van der Waals surface area contributed by atoms with Crippen LogP contribution in [0, 0.1) is 5.82 Å². The third kappa shape index (κ3) is 2.00. The highest BCUT2D eigenvalue weighted by molar-refractivity contribution is 6.30. The molecule has 1 aromatic carbocycles. The van der Waals surface area contributed by atoms with Crippen molar-refractivity contribution in [1.82, 2.24) is 9.55 Å². The van der Waals surface area contributed by atoms with Gasteiger partial charge in [0.2, 0.25) is 11.9 Å². The Morgan fingerprint density at radius 2 is 2.21 bits per heavy atom. The normalized spacial score (nSPS) is 13.7. The number of fused-ring (bicyclic) bond motifs is 1. The van der Waals surface area contributed by atoms with Crippen molar-refractivity contribution in [3.05, 3.63) is 35.2 Å². The molecule has 1 aliphatic heterocycles. The molecule has 6 heteroatoms. The van der Waals surface area contributed by atoms with E-state index in [0.717, 1.165) is 0 Å². The second-order valence-corrected chi connectivity index (χ2v) is 4.85. The molecule has 0 unspecified atom stereocenters. The highest BCUT2D eigenvalue weighted by Crippen LogP contribution is 2.29. The molecule has 1 aromatic heterocycles. The van der Waals surface area contributed by atoms with Gasteiger partial charge in [0.05, 0.1) is 5.69 Å². The molecule has 0 N–H and O–H groups in total. The Morgan fingerprint density at radius 3 is 2.95 bits per heavy atom. The number of hydrogen-bond acceptors (Lipinski definition) is 2. The van der Waals surface area contributed by atoms with Gasteiger partial charge in [-0.3, -0.25) is 9.69 Å². The first-order valence-corrected chi connectivity index (χ1v) is 6.25. The zero-order valence-corrected chi connectivity index (χ0v) is 11.0. The SMILES string of the molecule is CC(=O)N1CCn2cc(-c3cc(Cl)ccc3F)nc21. The molecule has 0 fully saturated rings. The Kier molecular flexibility index (Phi) is 2.78. The lowest BCUT2D eigenvalue weighted by Crippen LogP contribution is -2.26. The van der Waals surface area contributed by atoms with Crippen LogP contribution in [0.4, 0.5) is 10.3 Å². The summed E-state index contributed by atoms with van der Waals surface area (Å²) in [6.07, 6.45) is 1.74. The van der Waals surface area contributed by atoms with Crippen molar-refractivity contribution in [2.75, 3.05) is 11.4 Å². The molecule has 2 heterocycles. The first-order valence-electron chi connectivity index (χ1n) is 5.87. The lowest BCUT2D eigenvalue weighted by atomic mass is 10.1. The summed E-state index contributed by atoms with van der Waals surface area (Å²) in [7, 11) is 0. The van der Waals surface area contributed by atoms with Gasteiger partial charge in [0.15, 0.2) is 0 Å². The van der Waals surface area contributed by atoms with Crippen LogP contribution in [0.15, 0.2) is 24.4 Å². The fourth-order valence-electron chi connectivity index (χ4n) is 2.22. The second-order valence-electron chi connectivity index (χ2n) is 4.41. The number of nitrogens with zero attached hydrogens (tertiary/aromatic N) is 3. The number of benzene rings is 1. The number of halogens is 2. The summed E-state index contributed by atoms with van der Waals surface area (Å²) < 4.78 is 15.6. The zero-order chi connectivity index (χ0) is 13.6. The molecule has 0 aliphatic carbocycles. The summed E-state index contributed by atoms with van der Waals surface area (Å²) in [4.78, 5) is 17.4. The molecule has 3 rings (SSSR count). The van der Waals surface area contributed by atoms with E-state index in [0.29, 0.717) is 35.3 Å². The van der Waals surface area contributed by atoms with E-state index >= 15 is 0 Å². The van der Waals surface area contributed by atoms with Crippen LogP contribution in [0.1, 0.15) is 6.92 Å². The van der Waals surface area contributed by atoms with E-state index < -0.39 is 0 Å². The molecule has 0 saturated heterocycles. The summed E-state index contributed by atoms with van der Waals surface area (Å²) in [6.45, 7) is 2.77. The average molecular weight is 280 g/mol. The van der Waals surface area contributed by atoms with Crippen LogP contribution in [0.3, 0.4) is 0 Å². The van der Waals surface area contributed by atoms with Crippen molar-refractivity contribution >= 4 is 23.5 Å². The molecule has 0 spiro atoms. The predicted molar refractivity (Wildman–Crippen MR) is 70.7 cm³/mol. The second kappa shape index (κ2) is 4.35. The summed E-state index contributed by atoms with van der Waals surface area (Å²) >= 11 is 5.87. The summed E-state index contributed by atoms with van der Waals surface area (Å²) in [5.41, 5.74) is 0.832. The Labute approximate surface area is 114 Å². The van der Waals surface area contributed by atoms with E-state index in [1.165, 1.54) is 25.1 Å². The molecular formula is C13H11ClFN3O. The number of amides is 1. The number of aromatic nitrogens is 2. The molecule has 2 aromatic rings. The van der Waals surface area contributed by atoms with Crippen LogP contribution >= 0.6 is 11.6 Å². The van der Waals surface area contributed by atoms with Gasteiger partial charge >= 0.3 is 0 Å². The largest absolute Gasteiger partial charge is 0.315 e. The molecule has 98 valence electrons. The standard InChI is InChI=1S/C13H11ClFN3O/c1-8(19)18-5-4-17-7-12(16-13(17)18)10-6-9(14)2-3-11(10)15/h2-3,6-7H,4-5H2,1H3. The van der Waals surface area contributed by atoms with Crippen LogP contribution in [0.25, 0.3) is 11.3 Å². The lowest BCUT2D eigenvalue weighted by molar-refractivity contribution is -0.116. The number of hydrogen-bond donors (Lipinski definition) is 0. The van der Waals surface area contributed by atoms with Gasteiger partial charge in [0.25, 0.3) is 0 Å². The molecule has 0 radical (unpaired) electrons. The van der Waals surface area contributed by atoms with Crippen molar-refractivity contribution in [2.24, 2.45) is 0 Å². The van der Waals surface area contributed by atoms with Crippen LogP contribution in [-0.4, -0.2) is 22.0 Å². The minimum Gasteiger partial charge on any atom is -0.315 e. The minimum absolute atomic E-state index is 0.0672. The van der Waals surface area contributed by atoms with E-state index in [1.54, 1.807) is 11.1 Å². The van der Waals surface area contributed by atoms with Crippen LogP contribution in [0.5, 0.6) is 0 Å². The van der Waals surface area contributed by atoms with Crippen molar-refractivity contribution in [1.29, 1.82) is 0 Å². The van der Waals surface area contributed by atoms with Crippen molar-refractivity contribution in [3.63, 3.8) is 0 Å². The lowest BCUT2D eigenvalue weighted by Gasteiger charge is -2.10. The van der Waals surface area contributed by atoms with Gasteiger partial charge in [0.1, 0.15) is 5.82 Å². The molecule has 4 nitrogen and oxygen atoms in total. The van der Waals surface area contributed by atoms with Gasteiger partial charge in [-0.2, -0.15) is 0 Å². The maximum atomic E-state index is 13.8. The minimum atomic E-state index is -0.379. The Balaban J connectivity index is 2.07. The fourth-order valence-corrected chi connectivity index (χ4v) is 2.39. The van der Waals surface area contributed by atoms with Crippen molar-refractivity contribution in [3.8, 4) is 11.3 Å². The average Bonchev–Trinajstić information content (AvgIpc) is 2.91.